The minimum Gasteiger partial charge on any atom is -0.493 e. The number of nitrogens with one attached hydrogen (secondary N) is 1. The van der Waals surface area contributed by atoms with Crippen molar-refractivity contribution < 1.29 is 13.2 Å². The van der Waals surface area contributed by atoms with Crippen molar-refractivity contribution in [1.29, 1.82) is 0 Å². The molecule has 0 fully saturated rings. The Morgan fingerprint density at radius 1 is 1.00 bits per heavy atom. The Morgan fingerprint density at radius 3 is 2.29 bits per heavy atom. The van der Waals surface area contributed by atoms with Gasteiger partial charge in [-0.1, -0.05) is 18.2 Å². The van der Waals surface area contributed by atoms with Crippen molar-refractivity contribution in [3.63, 3.8) is 0 Å². The maximum atomic E-state index is 13.0. The number of fused-ring (bicyclic) bond motifs is 1. The summed E-state index contributed by atoms with van der Waals surface area (Å²) in [7, 11) is -2.53. The van der Waals surface area contributed by atoms with E-state index in [1.165, 1.54) is 24.2 Å². The van der Waals surface area contributed by atoms with Gasteiger partial charge in [0.05, 0.1) is 7.11 Å². The molecule has 0 saturated carbocycles. The molecular formula is C19H17N5O3S. The SMILES string of the molecule is COc1c(-n2nc3ccccc3n2)cc(C)cc1S(=O)(=O)Nc1ccccn1. The zero-order valence-corrected chi connectivity index (χ0v) is 16.0. The van der Waals surface area contributed by atoms with Crippen molar-refractivity contribution in [2.24, 2.45) is 0 Å². The quantitative estimate of drug-likeness (QED) is 0.558. The monoisotopic (exact) mass is 395 g/mol. The Morgan fingerprint density at radius 2 is 1.68 bits per heavy atom. The molecule has 4 aromatic rings. The predicted octanol–water partition coefficient (Wildman–Crippen LogP) is 2.93. The highest BCUT2D eigenvalue weighted by Crippen LogP contribution is 2.33. The van der Waals surface area contributed by atoms with Crippen molar-refractivity contribution in [2.75, 3.05) is 11.8 Å². The molecule has 8 nitrogen and oxygen atoms in total. The van der Waals surface area contributed by atoms with Gasteiger partial charge < -0.3 is 4.74 Å². The molecule has 0 aliphatic heterocycles. The van der Waals surface area contributed by atoms with Crippen molar-refractivity contribution in [3.05, 3.63) is 66.4 Å². The van der Waals surface area contributed by atoms with E-state index in [4.69, 9.17) is 4.74 Å². The second kappa shape index (κ2) is 6.93. The fourth-order valence-electron chi connectivity index (χ4n) is 2.86. The number of hydrogen-bond donors (Lipinski definition) is 1. The zero-order chi connectivity index (χ0) is 19.7. The van der Waals surface area contributed by atoms with E-state index in [2.05, 4.69) is 19.9 Å². The first-order valence-corrected chi connectivity index (χ1v) is 9.91. The maximum absolute atomic E-state index is 13.0. The number of pyridine rings is 1. The second-order valence-corrected chi connectivity index (χ2v) is 7.76. The van der Waals surface area contributed by atoms with E-state index in [-0.39, 0.29) is 16.5 Å². The number of nitrogens with zero attached hydrogens (tertiary/aromatic N) is 4. The molecule has 9 heteroatoms. The van der Waals surface area contributed by atoms with Gasteiger partial charge >= 0.3 is 0 Å². The molecule has 2 aromatic carbocycles. The number of aromatic nitrogens is 4. The van der Waals surface area contributed by atoms with Gasteiger partial charge in [-0.2, -0.15) is 0 Å². The van der Waals surface area contributed by atoms with E-state index in [1.807, 2.05) is 24.3 Å². The van der Waals surface area contributed by atoms with Crippen LogP contribution in [-0.4, -0.2) is 35.5 Å². The van der Waals surface area contributed by atoms with Gasteiger partial charge in [-0.15, -0.1) is 15.0 Å². The first-order chi connectivity index (χ1) is 13.5. The van der Waals surface area contributed by atoms with E-state index in [9.17, 15) is 8.42 Å². The molecule has 2 heterocycles. The third kappa shape index (κ3) is 3.27. The van der Waals surface area contributed by atoms with Crippen molar-refractivity contribution in [3.8, 4) is 11.4 Å². The summed E-state index contributed by atoms with van der Waals surface area (Å²) in [6.07, 6.45) is 1.51. The number of aryl methyl sites for hydroxylation is 1. The summed E-state index contributed by atoms with van der Waals surface area (Å²) in [6, 6.07) is 15.7. The summed E-state index contributed by atoms with van der Waals surface area (Å²) in [5.74, 6) is 0.366. The first kappa shape index (κ1) is 17.9. The standard InChI is InChI=1S/C19H17N5O3S/c1-13-11-16(24-21-14-7-3-4-8-15(14)22-24)19(27-2)17(12-13)28(25,26)23-18-9-5-6-10-20-18/h3-12H,1-2H3,(H,20,23). The van der Waals surface area contributed by atoms with E-state index >= 15 is 0 Å². The lowest BCUT2D eigenvalue weighted by Gasteiger charge is -2.15. The molecule has 0 saturated heterocycles. The second-order valence-electron chi connectivity index (χ2n) is 6.11. The molecule has 0 aliphatic rings. The lowest BCUT2D eigenvalue weighted by atomic mass is 10.2. The lowest BCUT2D eigenvalue weighted by molar-refractivity contribution is 0.398. The summed E-state index contributed by atoms with van der Waals surface area (Å²) in [6.45, 7) is 1.80. The molecule has 1 N–H and O–H groups in total. The number of anilines is 1. The van der Waals surface area contributed by atoms with E-state index in [1.54, 1.807) is 31.2 Å². The average molecular weight is 395 g/mol. The van der Waals surface area contributed by atoms with Crippen molar-refractivity contribution in [1.82, 2.24) is 20.0 Å². The molecule has 0 atom stereocenters. The van der Waals surface area contributed by atoms with Gasteiger partial charge in [0.1, 0.15) is 27.4 Å². The van der Waals surface area contributed by atoms with Crippen LogP contribution in [0.25, 0.3) is 16.7 Å². The fraction of sp³-hybridized carbons (Fsp3) is 0.105. The van der Waals surface area contributed by atoms with Crippen LogP contribution in [0.3, 0.4) is 0 Å². The Balaban J connectivity index is 1.87. The topological polar surface area (TPSA) is 99.0 Å². The first-order valence-electron chi connectivity index (χ1n) is 8.43. The highest BCUT2D eigenvalue weighted by Gasteiger charge is 2.25. The number of rotatable bonds is 5. The summed E-state index contributed by atoms with van der Waals surface area (Å²) < 4.78 is 34.0. The van der Waals surface area contributed by atoms with Crippen LogP contribution >= 0.6 is 0 Å². The molecule has 28 heavy (non-hydrogen) atoms. The van der Waals surface area contributed by atoms with Crippen LogP contribution in [0.4, 0.5) is 5.82 Å². The largest absolute Gasteiger partial charge is 0.493 e. The Kier molecular flexibility index (Phi) is 4.44. The molecule has 0 amide bonds. The van der Waals surface area contributed by atoms with Crippen LogP contribution in [0, 0.1) is 6.92 Å². The number of hydrogen-bond acceptors (Lipinski definition) is 6. The minimum absolute atomic E-state index is 0.0167. The Hall–Kier alpha value is -3.46. The number of methoxy groups -OCH3 is 1. The third-order valence-corrected chi connectivity index (χ3v) is 5.44. The van der Waals surface area contributed by atoms with Crippen molar-refractivity contribution in [2.45, 2.75) is 11.8 Å². The van der Waals surface area contributed by atoms with Gasteiger partial charge in [-0.3, -0.25) is 4.72 Å². The Labute approximate surface area is 161 Å². The van der Waals surface area contributed by atoms with Gasteiger partial charge in [0, 0.05) is 6.20 Å². The molecule has 0 aliphatic carbocycles. The number of benzene rings is 2. The molecule has 142 valence electrons. The van der Waals surface area contributed by atoms with E-state index in [0.717, 1.165) is 5.56 Å². The van der Waals surface area contributed by atoms with Gasteiger partial charge in [-0.25, -0.2) is 13.4 Å². The minimum atomic E-state index is -3.95. The van der Waals surface area contributed by atoms with E-state index < -0.39 is 10.0 Å². The molecule has 0 radical (unpaired) electrons. The predicted molar refractivity (Wildman–Crippen MR) is 105 cm³/mol. The van der Waals surface area contributed by atoms with Crippen molar-refractivity contribution >= 4 is 26.9 Å². The van der Waals surface area contributed by atoms with E-state index in [0.29, 0.717) is 16.7 Å². The highest BCUT2D eigenvalue weighted by atomic mass is 32.2. The Bertz CT molecular complexity index is 1220. The van der Waals surface area contributed by atoms with Crippen LogP contribution in [0.5, 0.6) is 5.75 Å². The molecule has 2 aromatic heterocycles. The zero-order valence-electron chi connectivity index (χ0n) is 15.2. The van der Waals surface area contributed by atoms with Gasteiger partial charge in [0.2, 0.25) is 0 Å². The summed E-state index contributed by atoms with van der Waals surface area (Å²) >= 11 is 0. The molecule has 0 unspecified atom stereocenters. The molecule has 0 bridgehead atoms. The highest BCUT2D eigenvalue weighted by molar-refractivity contribution is 7.92. The number of sulfonamides is 1. The average Bonchev–Trinajstić information content (AvgIpc) is 3.12. The van der Waals surface area contributed by atoms with Crippen LogP contribution in [-0.2, 0) is 10.0 Å². The van der Waals surface area contributed by atoms with Gasteiger partial charge in [-0.05, 0) is 48.9 Å². The molecular weight excluding hydrogens is 378 g/mol. The van der Waals surface area contributed by atoms with Crippen LogP contribution < -0.4 is 9.46 Å². The van der Waals surface area contributed by atoms with Crippen LogP contribution in [0.1, 0.15) is 5.56 Å². The molecule has 0 spiro atoms. The summed E-state index contributed by atoms with van der Waals surface area (Å²) in [5.41, 5.74) is 2.54. The summed E-state index contributed by atoms with van der Waals surface area (Å²) in [4.78, 5) is 5.38. The third-order valence-electron chi connectivity index (χ3n) is 4.08. The van der Waals surface area contributed by atoms with Crippen LogP contribution in [0.2, 0.25) is 0 Å². The van der Waals surface area contributed by atoms with Gasteiger partial charge in [0.25, 0.3) is 10.0 Å². The van der Waals surface area contributed by atoms with Crippen LogP contribution in [0.15, 0.2) is 65.7 Å². The lowest BCUT2D eigenvalue weighted by Crippen LogP contribution is -2.16. The smallest absolute Gasteiger partial charge is 0.266 e. The fourth-order valence-corrected chi connectivity index (χ4v) is 4.14. The normalized spacial score (nSPS) is 11.5. The number of ether oxygens (including phenoxy) is 1. The maximum Gasteiger partial charge on any atom is 0.266 e. The van der Waals surface area contributed by atoms with Gasteiger partial charge in [0.15, 0.2) is 5.75 Å². The molecule has 4 rings (SSSR count). The summed E-state index contributed by atoms with van der Waals surface area (Å²) in [5, 5.41) is 8.88.